The number of carbonyl (C=O) groups excluding carboxylic acids is 1. The lowest BCUT2D eigenvalue weighted by molar-refractivity contribution is 0.112. The Balaban J connectivity index is 0.000000219. The molecule has 5 aromatic carbocycles. The highest BCUT2D eigenvalue weighted by Crippen LogP contribution is 2.33. The molecule has 0 aliphatic heterocycles. The number of sulfonamides is 1. The Kier molecular flexibility index (Phi) is 23.4. The van der Waals surface area contributed by atoms with Gasteiger partial charge in [0.05, 0.1) is 43.5 Å². The van der Waals surface area contributed by atoms with E-state index < -0.39 is 62.2 Å². The number of nitrogens with zero attached hydrogens (tertiary/aromatic N) is 4. The third-order valence-corrected chi connectivity index (χ3v) is 15.5. The maximum Gasteiger partial charge on any atom is 0.269 e. The van der Waals surface area contributed by atoms with Crippen LogP contribution in [-0.4, -0.2) is 59.4 Å². The lowest BCUT2D eigenvalue weighted by atomic mass is 10.1. The predicted octanol–water partition coefficient (Wildman–Crippen LogP) is 12.9. The zero-order valence-electron chi connectivity index (χ0n) is 39.8. The Labute approximate surface area is 451 Å². The van der Waals surface area contributed by atoms with Gasteiger partial charge < -0.3 is 25.3 Å². The number of aromatic nitrogens is 3. The normalized spacial score (nSPS) is 10.7. The summed E-state index contributed by atoms with van der Waals surface area (Å²) in [4.78, 5) is 20.8. The topological polar surface area (TPSA) is 193 Å². The summed E-state index contributed by atoms with van der Waals surface area (Å²) in [5.74, 6) is -2.38. The molecule has 0 fully saturated rings. The molecule has 0 saturated carbocycles. The first kappa shape index (κ1) is 60.5. The Morgan fingerprint density at radius 1 is 0.662 bits per heavy atom. The van der Waals surface area contributed by atoms with Crippen LogP contribution in [0.1, 0.15) is 38.2 Å². The van der Waals surface area contributed by atoms with Crippen molar-refractivity contribution in [1.29, 1.82) is 0 Å². The van der Waals surface area contributed by atoms with E-state index in [-0.39, 0.29) is 11.7 Å². The van der Waals surface area contributed by atoms with E-state index >= 15 is 0 Å². The number of nitrogens with one attached hydrogen (secondary N) is 1. The SMILES string of the molecule is COc1cc(C)ccc1C=O.COc1cc(C)ccc1CNc1nccs1.COc1ccc(CN(c2nccs2)S(=O)(=O)c2cc(Cl)c(F)cc2F)c(C)c1.Nc1nccs1.O=S(=O)(Cl)c1cc(Cl)c(F)cc1F. The summed E-state index contributed by atoms with van der Waals surface area (Å²) in [7, 11) is 0.995. The van der Waals surface area contributed by atoms with Crippen molar-refractivity contribution in [2.75, 3.05) is 36.7 Å². The molecule has 0 saturated heterocycles. The number of ether oxygens (including phenoxy) is 3. The molecule has 0 spiro atoms. The van der Waals surface area contributed by atoms with Crippen molar-refractivity contribution in [1.82, 2.24) is 15.0 Å². The van der Waals surface area contributed by atoms with E-state index in [4.69, 9.17) is 53.8 Å². The van der Waals surface area contributed by atoms with Crippen LogP contribution >= 0.6 is 67.9 Å². The minimum atomic E-state index is -4.40. The summed E-state index contributed by atoms with van der Waals surface area (Å²) in [5.41, 5.74) is 10.7. The van der Waals surface area contributed by atoms with Gasteiger partial charge in [0.25, 0.3) is 19.1 Å². The van der Waals surface area contributed by atoms with Crippen molar-refractivity contribution in [3.63, 3.8) is 0 Å². The van der Waals surface area contributed by atoms with Gasteiger partial charge in [-0.25, -0.2) is 53.7 Å². The summed E-state index contributed by atoms with van der Waals surface area (Å²) in [6, 6.07) is 19.1. The molecule has 0 radical (unpaired) electrons. The number of nitrogens with two attached hydrogens (primary N) is 1. The maximum atomic E-state index is 14.3. The van der Waals surface area contributed by atoms with Gasteiger partial charge in [0.1, 0.15) is 50.3 Å². The van der Waals surface area contributed by atoms with Crippen molar-refractivity contribution in [2.24, 2.45) is 0 Å². The minimum Gasteiger partial charge on any atom is -0.497 e. The molecule has 3 N–H and O–H groups in total. The molecule has 26 heteroatoms. The van der Waals surface area contributed by atoms with Gasteiger partial charge in [-0.1, -0.05) is 47.5 Å². The zero-order chi connectivity index (χ0) is 54.8. The summed E-state index contributed by atoms with van der Waals surface area (Å²) in [5, 5.41) is 9.39. The Morgan fingerprint density at radius 3 is 1.72 bits per heavy atom. The standard InChI is InChI=1S/C18H15ClF2N2O3S2.C12H14N2OS.C9H10O2.C6H2Cl2F2O2S.C3H4N2S/c1-11-7-13(26-2)4-3-12(11)10-23(18-22-5-6-27-18)28(24,25)17-8-14(19)15(20)9-16(17)21;1-9-3-4-10(11(7-9)15-2)8-14-12-13-5-6-16-12;1-7-3-4-8(6-10)9(5-7)11-2;7-3-1-6(13(8,11)12)5(10)2-4(3)9;4-3-5-1-2-6-3/h3-9H,10H2,1-2H3;3-7H,8H2,1-2H3,(H,13,14);3-6H,1-2H3;1-2H;1-2H,(H2,4,5). The highest BCUT2D eigenvalue weighted by atomic mass is 35.7. The molecule has 8 aromatic rings. The van der Waals surface area contributed by atoms with Crippen LogP contribution in [0.15, 0.2) is 123 Å². The highest BCUT2D eigenvalue weighted by Gasteiger charge is 2.31. The molecule has 3 heterocycles. The van der Waals surface area contributed by atoms with Gasteiger partial charge in [0.2, 0.25) is 0 Å². The number of hydrogen-bond acceptors (Lipinski definition) is 16. The first-order valence-corrected chi connectivity index (χ1v) is 28.0. The largest absolute Gasteiger partial charge is 0.497 e. The second kappa shape index (κ2) is 28.6. The van der Waals surface area contributed by atoms with Crippen molar-refractivity contribution in [3.8, 4) is 17.2 Å². The number of halogens is 7. The van der Waals surface area contributed by atoms with E-state index in [1.165, 1.54) is 30.2 Å². The molecular formula is C48H45Cl3F4N6O8S5. The van der Waals surface area contributed by atoms with E-state index in [1.807, 2.05) is 35.9 Å². The van der Waals surface area contributed by atoms with Crippen LogP contribution in [0.3, 0.4) is 0 Å². The summed E-state index contributed by atoms with van der Waals surface area (Å²) in [6.45, 7) is 6.45. The highest BCUT2D eigenvalue weighted by molar-refractivity contribution is 8.13. The molecule has 394 valence electrons. The minimum absolute atomic E-state index is 0.0971. The van der Waals surface area contributed by atoms with Crippen molar-refractivity contribution in [3.05, 3.63) is 180 Å². The molecule has 14 nitrogen and oxygen atoms in total. The molecule has 0 amide bonds. The Morgan fingerprint density at radius 2 is 1.22 bits per heavy atom. The quantitative estimate of drug-likeness (QED) is 0.0480. The van der Waals surface area contributed by atoms with Gasteiger partial charge in [0.15, 0.2) is 21.7 Å². The van der Waals surface area contributed by atoms with Gasteiger partial charge in [-0.3, -0.25) is 4.79 Å². The molecule has 0 bridgehead atoms. The fraction of sp³-hybridized carbons (Fsp3) is 0.167. The molecule has 3 aromatic heterocycles. The number of rotatable bonds is 13. The number of thiazole rings is 3. The average Bonchev–Trinajstić information content (AvgIpc) is 4.19. The first-order chi connectivity index (χ1) is 35.0. The third-order valence-electron chi connectivity index (χ3n) is 9.55. The van der Waals surface area contributed by atoms with E-state index in [1.54, 1.807) is 74.5 Å². The number of anilines is 3. The van der Waals surface area contributed by atoms with Crippen molar-refractivity contribution in [2.45, 2.75) is 43.7 Å². The number of aldehydes is 1. The van der Waals surface area contributed by atoms with E-state index in [0.717, 1.165) is 62.1 Å². The molecule has 0 aliphatic rings. The van der Waals surface area contributed by atoms with Crippen LogP contribution in [0.2, 0.25) is 10.0 Å². The number of nitrogen functional groups attached to an aromatic ring is 1. The van der Waals surface area contributed by atoms with Crippen LogP contribution in [0.5, 0.6) is 17.2 Å². The van der Waals surface area contributed by atoms with Gasteiger partial charge in [0, 0.05) is 69.7 Å². The molecule has 0 aliphatic carbocycles. The Hall–Kier alpha value is -6.05. The summed E-state index contributed by atoms with van der Waals surface area (Å²) in [6.07, 6.45) is 5.70. The van der Waals surface area contributed by atoms with Crippen LogP contribution in [0.25, 0.3) is 0 Å². The van der Waals surface area contributed by atoms with Gasteiger partial charge >= 0.3 is 0 Å². The van der Waals surface area contributed by atoms with Crippen LogP contribution in [-0.2, 0) is 32.2 Å². The van der Waals surface area contributed by atoms with Gasteiger partial charge in [-0.15, -0.1) is 34.0 Å². The first-order valence-electron chi connectivity index (χ1n) is 20.8. The lowest BCUT2D eigenvalue weighted by Gasteiger charge is -2.23. The van der Waals surface area contributed by atoms with E-state index in [9.17, 15) is 39.2 Å². The fourth-order valence-electron chi connectivity index (χ4n) is 5.86. The van der Waals surface area contributed by atoms with E-state index in [2.05, 4.69) is 39.3 Å². The molecule has 0 unspecified atom stereocenters. The molecule has 0 atom stereocenters. The monoisotopic (exact) mass is 1170 g/mol. The van der Waals surface area contributed by atoms with Crippen molar-refractivity contribution >= 4 is 109 Å². The number of hydrogen-bond donors (Lipinski definition) is 2. The molecule has 74 heavy (non-hydrogen) atoms. The summed E-state index contributed by atoms with van der Waals surface area (Å²) < 4.78 is 117. The van der Waals surface area contributed by atoms with Crippen molar-refractivity contribution < 1.29 is 53.4 Å². The van der Waals surface area contributed by atoms with Gasteiger partial charge in [-0.2, -0.15) is 0 Å². The predicted molar refractivity (Wildman–Crippen MR) is 286 cm³/mol. The van der Waals surface area contributed by atoms with Crippen LogP contribution < -0.4 is 29.6 Å². The number of methoxy groups -OCH3 is 3. The third kappa shape index (κ3) is 17.8. The van der Waals surface area contributed by atoms with E-state index in [0.29, 0.717) is 46.0 Å². The number of benzene rings is 5. The summed E-state index contributed by atoms with van der Waals surface area (Å²) >= 11 is 15.0. The van der Waals surface area contributed by atoms with Crippen LogP contribution in [0, 0.1) is 44.0 Å². The number of aryl methyl sites for hydroxylation is 3. The second-order valence-corrected chi connectivity index (χ2v) is 22.6. The average molecular weight is 1180 g/mol. The van der Waals surface area contributed by atoms with Crippen LogP contribution in [0.4, 0.5) is 33.0 Å². The lowest BCUT2D eigenvalue weighted by Crippen LogP contribution is -2.31. The number of carbonyl (C=O) groups is 1. The Bertz CT molecular complexity index is 3330. The maximum absolute atomic E-state index is 14.3. The fourth-order valence-corrected chi connectivity index (χ4v) is 10.5. The van der Waals surface area contributed by atoms with Gasteiger partial charge in [-0.05, 0) is 85.5 Å². The molecule has 8 rings (SSSR count). The zero-order valence-corrected chi connectivity index (χ0v) is 46.1. The smallest absolute Gasteiger partial charge is 0.269 e. The molecular weight excluding hydrogens is 1130 g/mol. The second-order valence-electron chi connectivity index (χ2n) is 14.7.